The van der Waals surface area contributed by atoms with Crippen molar-refractivity contribution in [3.8, 4) is 0 Å². The number of nitroso groups, excluding NO2 is 1. The number of β-lactam (4-membered cyclic amide) rings is 1. The quantitative estimate of drug-likeness (QED) is 0.285. The summed E-state index contributed by atoms with van der Waals surface area (Å²) in [5.74, 6) is -3.39. The van der Waals surface area contributed by atoms with E-state index in [2.05, 4.69) is 15.5 Å². The number of esters is 1. The normalized spacial score (nSPS) is 21.4. The van der Waals surface area contributed by atoms with Crippen molar-refractivity contribution < 1.29 is 29.0 Å². The first-order valence-electron chi connectivity index (χ1n) is 8.23. The Hall–Kier alpha value is -2.71. The first kappa shape index (κ1) is 22.0. The number of halogens is 1. The van der Waals surface area contributed by atoms with E-state index in [1.54, 1.807) is 0 Å². The number of hydrogen-bond acceptors (Lipinski definition) is 11. The van der Waals surface area contributed by atoms with Gasteiger partial charge in [-0.15, -0.1) is 16.7 Å². The fourth-order valence-corrected chi connectivity index (χ4v) is 5.23. The Morgan fingerprint density at radius 3 is 2.73 bits per heavy atom. The van der Waals surface area contributed by atoms with Crippen molar-refractivity contribution in [2.75, 3.05) is 18.1 Å². The van der Waals surface area contributed by atoms with Crippen LogP contribution < -0.4 is 11.1 Å². The van der Waals surface area contributed by atoms with Gasteiger partial charge < -0.3 is 20.9 Å². The Labute approximate surface area is 181 Å². The molecule has 1 aromatic rings. The standard InChI is InChI=1S/C15H14ClN5O7S2/c1-4(22)28-2-5-3-29-13-8(12(24)21(13)9(5)14(25)26)18-11(23)7(20-27)6-10(16)30-15(17)19-6/h7-8,13H,2-3H2,1H3,(H2,17,19)(H,18,23)(H,25,26)/t7?,8-,13-/m1/s1. The number of carboxylic acids is 1. The molecule has 2 aliphatic rings. The summed E-state index contributed by atoms with van der Waals surface area (Å²) in [4.78, 5) is 63.8. The molecule has 2 amide bonds. The van der Waals surface area contributed by atoms with E-state index in [0.717, 1.165) is 16.2 Å². The number of ether oxygens (including phenoxy) is 1. The van der Waals surface area contributed by atoms with Gasteiger partial charge in [-0.2, -0.15) is 0 Å². The van der Waals surface area contributed by atoms with Crippen molar-refractivity contribution in [1.29, 1.82) is 0 Å². The highest BCUT2D eigenvalue weighted by Gasteiger charge is 2.54. The SMILES string of the molecule is CC(=O)OCC1=C(C(=O)O)N2C(=O)[C@@H](NC(=O)C(N=O)c3nc(N)sc3Cl)[C@H]2SC1. The fraction of sp³-hybridized carbons (Fsp3) is 0.400. The zero-order chi connectivity index (χ0) is 22.2. The van der Waals surface area contributed by atoms with Gasteiger partial charge in [0.2, 0.25) is 6.04 Å². The fourth-order valence-electron chi connectivity index (χ4n) is 2.94. The third-order valence-corrected chi connectivity index (χ3v) is 6.69. The topological polar surface area (TPSA) is 181 Å². The van der Waals surface area contributed by atoms with Crippen LogP contribution in [0.2, 0.25) is 4.34 Å². The maximum absolute atomic E-state index is 12.6. The number of anilines is 1. The number of amides is 2. The van der Waals surface area contributed by atoms with E-state index in [1.165, 1.54) is 18.7 Å². The van der Waals surface area contributed by atoms with Crippen molar-refractivity contribution >= 4 is 63.6 Å². The van der Waals surface area contributed by atoms with Gasteiger partial charge >= 0.3 is 11.9 Å². The van der Waals surface area contributed by atoms with Crippen molar-refractivity contribution in [3.63, 3.8) is 0 Å². The van der Waals surface area contributed by atoms with Gasteiger partial charge in [0.15, 0.2) is 5.13 Å². The lowest BCUT2D eigenvalue weighted by atomic mass is 10.0. The average molecular weight is 476 g/mol. The summed E-state index contributed by atoms with van der Waals surface area (Å²) in [7, 11) is 0. The number of thioether (sulfide) groups is 1. The Kier molecular flexibility index (Phi) is 6.28. The zero-order valence-corrected chi connectivity index (χ0v) is 17.5. The van der Waals surface area contributed by atoms with E-state index in [-0.39, 0.29) is 38.8 Å². The van der Waals surface area contributed by atoms with Crippen LogP contribution in [0.15, 0.2) is 16.4 Å². The predicted molar refractivity (Wildman–Crippen MR) is 106 cm³/mol. The Balaban J connectivity index is 1.76. The highest BCUT2D eigenvalue weighted by molar-refractivity contribution is 8.00. The third kappa shape index (κ3) is 3.97. The number of rotatable bonds is 7. The molecule has 30 heavy (non-hydrogen) atoms. The number of nitrogens with two attached hydrogens (primary N) is 1. The number of nitrogens with zero attached hydrogens (tertiary/aromatic N) is 3. The number of hydrogen-bond donors (Lipinski definition) is 3. The smallest absolute Gasteiger partial charge is 0.352 e. The molecule has 12 nitrogen and oxygen atoms in total. The largest absolute Gasteiger partial charge is 0.477 e. The van der Waals surface area contributed by atoms with Gasteiger partial charge in [-0.1, -0.05) is 22.9 Å². The second kappa shape index (κ2) is 8.57. The van der Waals surface area contributed by atoms with E-state index in [1.807, 2.05) is 0 Å². The van der Waals surface area contributed by atoms with Crippen LogP contribution in [0.3, 0.4) is 0 Å². The zero-order valence-electron chi connectivity index (χ0n) is 15.2. The van der Waals surface area contributed by atoms with Gasteiger partial charge in [0.05, 0.1) is 0 Å². The molecule has 0 bridgehead atoms. The molecule has 3 heterocycles. The molecule has 160 valence electrons. The number of nitrogen functional groups attached to an aromatic ring is 1. The number of carbonyl (C=O) groups excluding carboxylic acids is 3. The summed E-state index contributed by atoms with van der Waals surface area (Å²) in [6.45, 7) is 0.915. The Morgan fingerprint density at radius 1 is 1.50 bits per heavy atom. The number of aliphatic carboxylic acids is 1. The van der Waals surface area contributed by atoms with Crippen LogP contribution in [0.4, 0.5) is 5.13 Å². The molecular weight excluding hydrogens is 462 g/mol. The van der Waals surface area contributed by atoms with Crippen LogP contribution >= 0.6 is 34.7 Å². The highest BCUT2D eigenvalue weighted by Crippen LogP contribution is 2.41. The van der Waals surface area contributed by atoms with Gasteiger partial charge in [-0.05, 0) is 5.18 Å². The third-order valence-electron chi connectivity index (χ3n) is 4.24. The number of nitrogens with one attached hydrogen (secondary N) is 1. The molecule has 15 heteroatoms. The van der Waals surface area contributed by atoms with Crippen LogP contribution in [-0.2, 0) is 23.9 Å². The number of thiazole rings is 1. The van der Waals surface area contributed by atoms with Gasteiger partial charge in [0.1, 0.15) is 33.7 Å². The van der Waals surface area contributed by atoms with Crippen LogP contribution in [0, 0.1) is 4.91 Å². The maximum atomic E-state index is 12.6. The predicted octanol–water partition coefficient (Wildman–Crippen LogP) is 0.488. The van der Waals surface area contributed by atoms with E-state index in [9.17, 15) is 29.2 Å². The lowest BCUT2D eigenvalue weighted by Gasteiger charge is -2.49. The maximum Gasteiger partial charge on any atom is 0.352 e. The number of fused-ring (bicyclic) bond motifs is 1. The second-order valence-electron chi connectivity index (χ2n) is 6.15. The summed E-state index contributed by atoms with van der Waals surface area (Å²) in [6, 6.07) is -2.69. The molecule has 3 rings (SSSR count). The molecule has 1 aromatic heterocycles. The molecule has 0 aromatic carbocycles. The van der Waals surface area contributed by atoms with Crippen molar-refractivity contribution in [2.45, 2.75) is 24.4 Å². The van der Waals surface area contributed by atoms with Crippen LogP contribution in [0.1, 0.15) is 18.7 Å². The molecule has 0 radical (unpaired) electrons. The number of carboxylic acid groups (broad SMARTS) is 1. The average Bonchev–Trinajstić information content (AvgIpc) is 3.01. The van der Waals surface area contributed by atoms with E-state index in [0.29, 0.717) is 0 Å². The second-order valence-corrected chi connectivity index (χ2v) is 8.89. The minimum Gasteiger partial charge on any atom is -0.477 e. The summed E-state index contributed by atoms with van der Waals surface area (Å²) in [5.41, 5.74) is 5.35. The number of aromatic nitrogens is 1. The summed E-state index contributed by atoms with van der Waals surface area (Å²) in [6.07, 6.45) is 0. The summed E-state index contributed by atoms with van der Waals surface area (Å²) >= 11 is 7.96. The first-order valence-corrected chi connectivity index (χ1v) is 10.5. The summed E-state index contributed by atoms with van der Waals surface area (Å²) < 4.78 is 4.87. The van der Waals surface area contributed by atoms with Gasteiger partial charge in [0, 0.05) is 18.2 Å². The Bertz CT molecular complexity index is 981. The molecule has 0 aliphatic carbocycles. The van der Waals surface area contributed by atoms with Crippen LogP contribution in [0.5, 0.6) is 0 Å². The van der Waals surface area contributed by atoms with E-state index in [4.69, 9.17) is 22.1 Å². The Morgan fingerprint density at radius 2 is 2.20 bits per heavy atom. The van der Waals surface area contributed by atoms with E-state index < -0.39 is 41.2 Å². The van der Waals surface area contributed by atoms with Gasteiger partial charge in [0.25, 0.3) is 11.8 Å². The van der Waals surface area contributed by atoms with Crippen molar-refractivity contribution in [3.05, 3.63) is 26.2 Å². The molecule has 1 fully saturated rings. The molecule has 3 atom stereocenters. The number of carbonyl (C=O) groups is 4. The van der Waals surface area contributed by atoms with Crippen LogP contribution in [0.25, 0.3) is 0 Å². The molecule has 0 saturated carbocycles. The van der Waals surface area contributed by atoms with Gasteiger partial charge in [-0.3, -0.25) is 19.3 Å². The lowest BCUT2D eigenvalue weighted by Crippen LogP contribution is -2.70. The van der Waals surface area contributed by atoms with Crippen molar-refractivity contribution in [2.24, 2.45) is 5.18 Å². The van der Waals surface area contributed by atoms with Gasteiger partial charge in [-0.25, -0.2) is 9.78 Å². The molecule has 4 N–H and O–H groups in total. The first-order chi connectivity index (χ1) is 14.1. The molecule has 1 saturated heterocycles. The monoisotopic (exact) mass is 475 g/mol. The molecule has 0 spiro atoms. The molecule has 2 aliphatic heterocycles. The minimum absolute atomic E-state index is 0.0204. The molecule has 1 unspecified atom stereocenters. The van der Waals surface area contributed by atoms with Crippen molar-refractivity contribution in [1.82, 2.24) is 15.2 Å². The van der Waals surface area contributed by atoms with E-state index >= 15 is 0 Å². The van der Waals surface area contributed by atoms with Crippen LogP contribution in [-0.4, -0.2) is 62.5 Å². The highest BCUT2D eigenvalue weighted by atomic mass is 35.5. The molecular formula is C15H14ClN5O7S2. The minimum atomic E-state index is -1.62. The lowest BCUT2D eigenvalue weighted by molar-refractivity contribution is -0.151. The summed E-state index contributed by atoms with van der Waals surface area (Å²) in [5, 5.41) is 14.0.